The van der Waals surface area contributed by atoms with Crippen LogP contribution in [0.2, 0.25) is 0 Å². The standard InChI is InChI=1S/C25H26O8/c1-17(26)31-23-21(13-14-29-15-19-9-5-3-6-10-19)22(33-25(23)32-18(2)27)16-30-24(28)20-11-7-4-8-12-20/h3-12,23,25H,13-16H2,1-2H3/t23-,25?/m0/s1. The molecule has 0 spiro atoms. The van der Waals surface area contributed by atoms with Crippen LogP contribution >= 0.6 is 0 Å². The predicted octanol–water partition coefficient (Wildman–Crippen LogP) is 3.56. The number of carbonyl (C=O) groups excluding carboxylic acids is 3. The van der Waals surface area contributed by atoms with Crippen molar-refractivity contribution < 1.29 is 38.1 Å². The molecular weight excluding hydrogens is 428 g/mol. The Balaban J connectivity index is 1.71. The molecule has 0 N–H and O–H groups in total. The largest absolute Gasteiger partial charge is 0.454 e. The van der Waals surface area contributed by atoms with Gasteiger partial charge in [0, 0.05) is 19.4 Å². The number of ether oxygens (including phenoxy) is 5. The summed E-state index contributed by atoms with van der Waals surface area (Å²) in [6.45, 7) is 2.95. The number of rotatable bonds is 10. The lowest BCUT2D eigenvalue weighted by molar-refractivity contribution is -0.188. The first-order valence-corrected chi connectivity index (χ1v) is 10.5. The lowest BCUT2D eigenvalue weighted by Crippen LogP contribution is -2.33. The van der Waals surface area contributed by atoms with Crippen LogP contribution in [-0.4, -0.2) is 43.5 Å². The van der Waals surface area contributed by atoms with E-state index in [2.05, 4.69) is 0 Å². The molecule has 0 radical (unpaired) electrons. The predicted molar refractivity (Wildman–Crippen MR) is 117 cm³/mol. The van der Waals surface area contributed by atoms with Crippen molar-refractivity contribution in [2.24, 2.45) is 0 Å². The Morgan fingerprint density at radius 1 is 0.848 bits per heavy atom. The van der Waals surface area contributed by atoms with E-state index >= 15 is 0 Å². The molecule has 0 bridgehead atoms. The highest BCUT2D eigenvalue weighted by Gasteiger charge is 2.41. The number of hydrogen-bond donors (Lipinski definition) is 0. The molecular formula is C25H26O8. The Morgan fingerprint density at radius 3 is 2.12 bits per heavy atom. The molecule has 0 amide bonds. The van der Waals surface area contributed by atoms with Crippen molar-refractivity contribution in [2.45, 2.75) is 39.3 Å². The van der Waals surface area contributed by atoms with Crippen LogP contribution in [0.25, 0.3) is 0 Å². The normalized spacial score (nSPS) is 17.3. The van der Waals surface area contributed by atoms with Crippen molar-refractivity contribution in [3.63, 3.8) is 0 Å². The molecule has 1 heterocycles. The molecule has 3 rings (SSSR count). The fourth-order valence-electron chi connectivity index (χ4n) is 3.30. The highest BCUT2D eigenvalue weighted by Crippen LogP contribution is 2.32. The lowest BCUT2D eigenvalue weighted by atomic mass is 10.1. The van der Waals surface area contributed by atoms with Crippen LogP contribution in [0.3, 0.4) is 0 Å². The zero-order valence-electron chi connectivity index (χ0n) is 18.5. The first-order chi connectivity index (χ1) is 15.9. The lowest BCUT2D eigenvalue weighted by Gasteiger charge is -2.20. The van der Waals surface area contributed by atoms with E-state index in [1.54, 1.807) is 30.3 Å². The van der Waals surface area contributed by atoms with Gasteiger partial charge in [0.1, 0.15) is 12.4 Å². The summed E-state index contributed by atoms with van der Waals surface area (Å²) in [7, 11) is 0. The minimum Gasteiger partial charge on any atom is -0.454 e. The van der Waals surface area contributed by atoms with Crippen molar-refractivity contribution in [2.75, 3.05) is 13.2 Å². The van der Waals surface area contributed by atoms with Crippen molar-refractivity contribution in [3.8, 4) is 0 Å². The van der Waals surface area contributed by atoms with E-state index in [0.29, 0.717) is 24.2 Å². The van der Waals surface area contributed by atoms with Crippen LogP contribution in [0.1, 0.15) is 36.2 Å². The summed E-state index contributed by atoms with van der Waals surface area (Å²) in [5, 5.41) is 0. The maximum atomic E-state index is 12.3. The van der Waals surface area contributed by atoms with Gasteiger partial charge in [-0.05, 0) is 24.1 Å². The van der Waals surface area contributed by atoms with E-state index in [-0.39, 0.29) is 19.0 Å². The average molecular weight is 454 g/mol. The number of benzene rings is 2. The van der Waals surface area contributed by atoms with E-state index in [0.717, 1.165) is 5.56 Å². The number of carbonyl (C=O) groups is 3. The van der Waals surface area contributed by atoms with Crippen LogP contribution in [0.15, 0.2) is 72.0 Å². The molecule has 8 heteroatoms. The fraction of sp³-hybridized carbons (Fsp3) is 0.320. The summed E-state index contributed by atoms with van der Waals surface area (Å²) in [4.78, 5) is 35.6. The van der Waals surface area contributed by atoms with Gasteiger partial charge in [-0.15, -0.1) is 0 Å². The summed E-state index contributed by atoms with van der Waals surface area (Å²) in [5.74, 6) is -1.43. The smallest absolute Gasteiger partial charge is 0.338 e. The van der Waals surface area contributed by atoms with Gasteiger partial charge in [-0.25, -0.2) is 4.79 Å². The average Bonchev–Trinajstić information content (AvgIpc) is 3.11. The van der Waals surface area contributed by atoms with Gasteiger partial charge in [-0.1, -0.05) is 48.5 Å². The second-order valence-electron chi connectivity index (χ2n) is 7.30. The van der Waals surface area contributed by atoms with E-state index < -0.39 is 30.3 Å². The number of esters is 3. The molecule has 174 valence electrons. The quantitative estimate of drug-likeness (QED) is 0.305. The minimum atomic E-state index is -1.17. The van der Waals surface area contributed by atoms with Crippen molar-refractivity contribution in [3.05, 3.63) is 83.1 Å². The molecule has 8 nitrogen and oxygen atoms in total. The molecule has 0 saturated carbocycles. The molecule has 2 aromatic carbocycles. The first-order valence-electron chi connectivity index (χ1n) is 10.5. The van der Waals surface area contributed by atoms with Gasteiger partial charge in [0.15, 0.2) is 0 Å². The molecule has 0 aliphatic carbocycles. The van der Waals surface area contributed by atoms with Gasteiger partial charge in [0.2, 0.25) is 6.10 Å². The Morgan fingerprint density at radius 2 is 1.48 bits per heavy atom. The monoisotopic (exact) mass is 454 g/mol. The maximum Gasteiger partial charge on any atom is 0.338 e. The zero-order valence-corrected chi connectivity index (χ0v) is 18.5. The molecule has 0 saturated heterocycles. The summed E-state index contributed by atoms with van der Waals surface area (Å²) in [5.41, 5.74) is 1.93. The number of hydrogen-bond acceptors (Lipinski definition) is 8. The third-order valence-electron chi connectivity index (χ3n) is 4.75. The van der Waals surface area contributed by atoms with Crippen LogP contribution in [0, 0.1) is 0 Å². The topological polar surface area (TPSA) is 97.4 Å². The van der Waals surface area contributed by atoms with Crippen LogP contribution in [0.4, 0.5) is 0 Å². The second kappa shape index (κ2) is 11.8. The summed E-state index contributed by atoms with van der Waals surface area (Å²) >= 11 is 0. The molecule has 2 aromatic rings. The fourth-order valence-corrected chi connectivity index (χ4v) is 3.30. The van der Waals surface area contributed by atoms with E-state index in [1.807, 2.05) is 30.3 Å². The van der Waals surface area contributed by atoms with Gasteiger partial charge in [0.25, 0.3) is 6.29 Å². The van der Waals surface area contributed by atoms with Crippen LogP contribution in [0.5, 0.6) is 0 Å². The van der Waals surface area contributed by atoms with Crippen molar-refractivity contribution >= 4 is 17.9 Å². The highest BCUT2D eigenvalue weighted by molar-refractivity contribution is 5.89. The second-order valence-corrected chi connectivity index (χ2v) is 7.30. The van der Waals surface area contributed by atoms with Crippen LogP contribution < -0.4 is 0 Å². The Bertz CT molecular complexity index is 984. The van der Waals surface area contributed by atoms with E-state index in [4.69, 9.17) is 23.7 Å². The molecule has 1 unspecified atom stereocenters. The summed E-state index contributed by atoms with van der Waals surface area (Å²) < 4.78 is 27.4. The third kappa shape index (κ3) is 7.18. The van der Waals surface area contributed by atoms with Crippen LogP contribution in [-0.2, 0) is 39.9 Å². The molecule has 0 fully saturated rings. The van der Waals surface area contributed by atoms with Gasteiger partial charge in [0.05, 0.1) is 18.8 Å². The van der Waals surface area contributed by atoms with Gasteiger partial charge < -0.3 is 23.7 Å². The van der Waals surface area contributed by atoms with Gasteiger partial charge in [-0.2, -0.15) is 0 Å². The maximum absolute atomic E-state index is 12.3. The van der Waals surface area contributed by atoms with Crippen molar-refractivity contribution in [1.82, 2.24) is 0 Å². The molecule has 0 aromatic heterocycles. The Hall–Kier alpha value is -3.65. The molecule has 2 atom stereocenters. The molecule has 33 heavy (non-hydrogen) atoms. The zero-order chi connectivity index (χ0) is 23.6. The summed E-state index contributed by atoms with van der Waals surface area (Å²) in [6, 6.07) is 18.2. The Labute approximate surface area is 192 Å². The van der Waals surface area contributed by atoms with Gasteiger partial charge >= 0.3 is 17.9 Å². The highest BCUT2D eigenvalue weighted by atomic mass is 16.7. The SMILES string of the molecule is CC(=O)OC1OC(COC(=O)c2ccccc2)=C(CCOCc2ccccc2)[C@@H]1OC(C)=O. The van der Waals surface area contributed by atoms with Crippen molar-refractivity contribution in [1.29, 1.82) is 0 Å². The summed E-state index contributed by atoms with van der Waals surface area (Å²) in [6.07, 6.45) is -1.81. The van der Waals surface area contributed by atoms with E-state index in [9.17, 15) is 14.4 Å². The minimum absolute atomic E-state index is 0.211. The molecule has 1 aliphatic heterocycles. The third-order valence-corrected chi connectivity index (χ3v) is 4.75. The Kier molecular flexibility index (Phi) is 8.60. The molecule has 1 aliphatic rings. The van der Waals surface area contributed by atoms with E-state index in [1.165, 1.54) is 13.8 Å². The van der Waals surface area contributed by atoms with Gasteiger partial charge in [-0.3, -0.25) is 9.59 Å². The first kappa shape index (κ1) is 24.0.